The van der Waals surface area contributed by atoms with Gasteiger partial charge in [0.2, 0.25) is 17.6 Å². The van der Waals surface area contributed by atoms with Crippen LogP contribution in [-0.2, 0) is 14.3 Å². The third-order valence-corrected chi connectivity index (χ3v) is 8.61. The second-order valence-corrected chi connectivity index (χ2v) is 10.7. The summed E-state index contributed by atoms with van der Waals surface area (Å²) in [5, 5.41) is 0. The van der Waals surface area contributed by atoms with Crippen LogP contribution in [0.1, 0.15) is 52.0 Å². The Hall–Kier alpha value is -4.26. The summed E-state index contributed by atoms with van der Waals surface area (Å²) in [6.07, 6.45) is 0.788. The number of hydrogen-bond donors (Lipinski definition) is 0. The van der Waals surface area contributed by atoms with Gasteiger partial charge in [0.05, 0.1) is 30.2 Å². The first-order chi connectivity index (χ1) is 18.9. The molecule has 39 heavy (non-hydrogen) atoms. The van der Waals surface area contributed by atoms with Crippen molar-refractivity contribution in [1.29, 1.82) is 0 Å². The molecule has 198 valence electrons. The number of esters is 1. The Morgan fingerprint density at radius 3 is 2.28 bits per heavy atom. The maximum atomic E-state index is 13.7. The van der Waals surface area contributed by atoms with Gasteiger partial charge >= 0.3 is 5.97 Å². The maximum absolute atomic E-state index is 13.7. The minimum absolute atomic E-state index is 0.141. The molecule has 6 atom stereocenters. The number of Topliss-reactive ketones (excluding diaryl/α,β-unsaturated/α-hetero) is 1. The van der Waals surface area contributed by atoms with Crippen molar-refractivity contribution in [1.82, 2.24) is 0 Å². The van der Waals surface area contributed by atoms with Crippen molar-refractivity contribution in [3.05, 3.63) is 95.6 Å². The molecule has 7 heteroatoms. The molecule has 3 aliphatic rings. The highest BCUT2D eigenvalue weighted by Gasteiger charge is 2.64. The lowest BCUT2D eigenvalue weighted by atomic mass is 9.73. The van der Waals surface area contributed by atoms with E-state index in [0.29, 0.717) is 17.0 Å². The molecule has 6 rings (SSSR count). The van der Waals surface area contributed by atoms with Gasteiger partial charge in [0, 0.05) is 5.56 Å². The predicted molar refractivity (Wildman–Crippen MR) is 144 cm³/mol. The Morgan fingerprint density at radius 2 is 1.56 bits per heavy atom. The number of ketones is 1. The van der Waals surface area contributed by atoms with Crippen LogP contribution >= 0.6 is 0 Å². The van der Waals surface area contributed by atoms with Crippen LogP contribution in [-0.4, -0.2) is 36.8 Å². The van der Waals surface area contributed by atoms with Crippen LogP contribution in [0.15, 0.2) is 78.9 Å². The van der Waals surface area contributed by atoms with Crippen molar-refractivity contribution in [2.45, 2.75) is 31.8 Å². The number of carbonyl (C=O) groups excluding carboxylic acids is 4. The lowest BCUT2D eigenvalue weighted by Gasteiger charge is -2.28. The number of carbonyl (C=O) groups is 4. The van der Waals surface area contributed by atoms with Crippen molar-refractivity contribution in [3.8, 4) is 5.75 Å². The predicted octanol–water partition coefficient (Wildman–Crippen LogP) is 5.05. The van der Waals surface area contributed by atoms with Gasteiger partial charge in [0.25, 0.3) is 0 Å². The molecule has 0 spiro atoms. The lowest BCUT2D eigenvalue weighted by molar-refractivity contribution is -0.123. The number of methoxy groups -OCH3 is 1. The van der Waals surface area contributed by atoms with Crippen molar-refractivity contribution in [2.75, 3.05) is 12.0 Å². The number of fused-ring (bicyclic) bond motifs is 5. The number of amides is 2. The molecule has 2 aliphatic carbocycles. The monoisotopic (exact) mass is 523 g/mol. The highest BCUT2D eigenvalue weighted by molar-refractivity contribution is 6.23. The first kappa shape index (κ1) is 25.0. The fourth-order valence-corrected chi connectivity index (χ4v) is 6.84. The molecular formula is C32H29NO6. The van der Waals surface area contributed by atoms with Crippen LogP contribution in [0.25, 0.3) is 0 Å². The van der Waals surface area contributed by atoms with E-state index in [1.54, 1.807) is 42.5 Å². The zero-order valence-corrected chi connectivity index (χ0v) is 21.8. The van der Waals surface area contributed by atoms with Gasteiger partial charge < -0.3 is 9.47 Å². The van der Waals surface area contributed by atoms with Crippen LogP contribution in [0.3, 0.4) is 0 Å². The Balaban J connectivity index is 1.18. The SMILES string of the molecule is COc1ccc(C(=O)[C@@H](C)OC(=O)c2cccc(N3C(=O)[C@@H]4[C@H]5C[C@@H]([C@@H]4C3=O)[C@H](c3ccccc3)C5)c2)cc1. The Labute approximate surface area is 226 Å². The zero-order valence-electron chi connectivity index (χ0n) is 21.8. The molecule has 2 bridgehead atoms. The number of hydrogen-bond acceptors (Lipinski definition) is 6. The van der Waals surface area contributed by atoms with Crippen LogP contribution in [0.4, 0.5) is 5.69 Å². The second kappa shape index (κ2) is 9.80. The highest BCUT2D eigenvalue weighted by Crippen LogP contribution is 2.61. The molecule has 7 nitrogen and oxygen atoms in total. The third kappa shape index (κ3) is 4.22. The summed E-state index contributed by atoms with van der Waals surface area (Å²) in [5.41, 5.74) is 2.15. The summed E-state index contributed by atoms with van der Waals surface area (Å²) in [6.45, 7) is 1.52. The summed E-state index contributed by atoms with van der Waals surface area (Å²) in [7, 11) is 1.54. The van der Waals surface area contributed by atoms with E-state index in [1.807, 2.05) is 18.2 Å². The van der Waals surface area contributed by atoms with Crippen LogP contribution in [0, 0.1) is 23.7 Å². The molecule has 2 saturated carbocycles. The molecule has 1 aliphatic heterocycles. The van der Waals surface area contributed by atoms with Gasteiger partial charge in [-0.3, -0.25) is 19.3 Å². The number of imide groups is 1. The van der Waals surface area contributed by atoms with Crippen molar-refractivity contribution in [3.63, 3.8) is 0 Å². The Kier molecular flexibility index (Phi) is 6.29. The fraction of sp³-hybridized carbons (Fsp3) is 0.312. The van der Waals surface area contributed by atoms with Crippen LogP contribution in [0.2, 0.25) is 0 Å². The number of benzene rings is 3. The molecule has 0 radical (unpaired) electrons. The molecule has 3 aromatic carbocycles. The molecule has 0 aromatic heterocycles. The number of anilines is 1. The van der Waals surface area contributed by atoms with E-state index in [4.69, 9.17) is 9.47 Å². The third-order valence-electron chi connectivity index (χ3n) is 8.61. The topological polar surface area (TPSA) is 90.0 Å². The second-order valence-electron chi connectivity index (χ2n) is 10.7. The van der Waals surface area contributed by atoms with Crippen molar-refractivity contribution in [2.24, 2.45) is 23.7 Å². The number of rotatable bonds is 7. The highest BCUT2D eigenvalue weighted by atomic mass is 16.5. The molecule has 1 heterocycles. The lowest BCUT2D eigenvalue weighted by Crippen LogP contribution is -2.33. The van der Waals surface area contributed by atoms with E-state index in [1.165, 1.54) is 30.6 Å². The van der Waals surface area contributed by atoms with Gasteiger partial charge in [-0.25, -0.2) is 4.79 Å². The van der Waals surface area contributed by atoms with E-state index < -0.39 is 12.1 Å². The van der Waals surface area contributed by atoms with Gasteiger partial charge in [0.15, 0.2) is 6.10 Å². The standard InChI is InChI=1S/C32H29NO6/c1-18(29(34)20-11-13-24(38-2)14-12-20)39-32(37)21-9-6-10-23(15-21)33-30(35)27-22-16-25(19-7-4-3-5-8-19)26(17-22)28(27)31(33)36/h3-15,18,22,25-28H,16-17H2,1-2H3/t18-,22-,25+,26-,27-,28+/m1/s1. The van der Waals surface area contributed by atoms with Crippen LogP contribution < -0.4 is 9.64 Å². The van der Waals surface area contributed by atoms with Crippen molar-refractivity contribution < 1.29 is 28.7 Å². The average molecular weight is 524 g/mol. The fourth-order valence-electron chi connectivity index (χ4n) is 6.84. The Morgan fingerprint density at radius 1 is 0.846 bits per heavy atom. The Bertz CT molecular complexity index is 1450. The van der Waals surface area contributed by atoms with Crippen molar-refractivity contribution >= 4 is 29.3 Å². The zero-order chi connectivity index (χ0) is 27.3. The molecule has 0 N–H and O–H groups in total. The molecule has 3 aromatic rings. The largest absolute Gasteiger partial charge is 0.497 e. The molecule has 2 amide bonds. The molecular weight excluding hydrogens is 494 g/mol. The van der Waals surface area contributed by atoms with E-state index in [2.05, 4.69) is 12.1 Å². The summed E-state index contributed by atoms with van der Waals surface area (Å²) in [6, 6.07) is 23.1. The normalized spacial score (nSPS) is 25.9. The number of ether oxygens (including phenoxy) is 2. The van der Waals surface area contributed by atoms with E-state index in [-0.39, 0.29) is 52.8 Å². The minimum Gasteiger partial charge on any atom is -0.497 e. The van der Waals surface area contributed by atoms with E-state index in [0.717, 1.165) is 12.8 Å². The van der Waals surface area contributed by atoms with Gasteiger partial charge in [0.1, 0.15) is 5.75 Å². The molecule has 1 saturated heterocycles. The summed E-state index contributed by atoms with van der Waals surface area (Å²) < 4.78 is 10.6. The number of nitrogens with zero attached hydrogens (tertiary/aromatic N) is 1. The molecule has 3 fully saturated rings. The first-order valence-electron chi connectivity index (χ1n) is 13.3. The first-order valence-corrected chi connectivity index (χ1v) is 13.3. The quantitative estimate of drug-likeness (QED) is 0.245. The average Bonchev–Trinajstić information content (AvgIpc) is 3.64. The molecule has 0 unspecified atom stereocenters. The summed E-state index contributed by atoms with van der Waals surface area (Å²) in [5.74, 6) is -0.833. The van der Waals surface area contributed by atoms with Gasteiger partial charge in [-0.15, -0.1) is 0 Å². The smallest absolute Gasteiger partial charge is 0.338 e. The van der Waals surface area contributed by atoms with Crippen LogP contribution in [0.5, 0.6) is 5.75 Å². The summed E-state index contributed by atoms with van der Waals surface area (Å²) >= 11 is 0. The summed E-state index contributed by atoms with van der Waals surface area (Å²) in [4.78, 5) is 54.1. The minimum atomic E-state index is -1.02. The van der Waals surface area contributed by atoms with Gasteiger partial charge in [-0.1, -0.05) is 36.4 Å². The van der Waals surface area contributed by atoms with E-state index >= 15 is 0 Å². The van der Waals surface area contributed by atoms with Gasteiger partial charge in [-0.2, -0.15) is 0 Å². The maximum Gasteiger partial charge on any atom is 0.338 e. The van der Waals surface area contributed by atoms with E-state index in [9.17, 15) is 19.2 Å². The van der Waals surface area contributed by atoms with Gasteiger partial charge in [-0.05, 0) is 85.5 Å².